The van der Waals surface area contributed by atoms with Gasteiger partial charge in [0.1, 0.15) is 5.69 Å². The molecular formula is C15H19N3O3. The van der Waals surface area contributed by atoms with Crippen LogP contribution in [0.5, 0.6) is 0 Å². The minimum atomic E-state index is -0.281. The molecule has 2 bridgehead atoms. The highest BCUT2D eigenvalue weighted by molar-refractivity contribution is 5.93. The number of pyridine rings is 1. The van der Waals surface area contributed by atoms with E-state index in [0.29, 0.717) is 32.0 Å². The molecule has 6 heteroatoms. The Balaban J connectivity index is 1.86. The van der Waals surface area contributed by atoms with Crippen molar-refractivity contribution in [3.8, 4) is 0 Å². The molecule has 2 aliphatic rings. The SMILES string of the molecule is Cc1cccc(C(=O)N2C[C@@H]3COC[C@H](C2)N(C)C3=O)n1. The van der Waals surface area contributed by atoms with Crippen molar-refractivity contribution in [3.63, 3.8) is 0 Å². The summed E-state index contributed by atoms with van der Waals surface area (Å²) in [7, 11) is 1.79. The second-order valence-corrected chi connectivity index (χ2v) is 5.71. The summed E-state index contributed by atoms with van der Waals surface area (Å²) < 4.78 is 5.54. The molecule has 0 unspecified atom stereocenters. The van der Waals surface area contributed by atoms with Crippen LogP contribution < -0.4 is 0 Å². The Morgan fingerprint density at radius 1 is 1.33 bits per heavy atom. The van der Waals surface area contributed by atoms with Crippen molar-refractivity contribution in [3.05, 3.63) is 29.6 Å². The van der Waals surface area contributed by atoms with Crippen LogP contribution in [0.15, 0.2) is 18.2 Å². The first-order valence-electron chi connectivity index (χ1n) is 7.13. The fourth-order valence-electron chi connectivity index (χ4n) is 2.89. The third-order valence-electron chi connectivity index (χ3n) is 4.14. The third-order valence-corrected chi connectivity index (χ3v) is 4.14. The van der Waals surface area contributed by atoms with Crippen LogP contribution in [0.25, 0.3) is 0 Å². The zero-order chi connectivity index (χ0) is 15.0. The van der Waals surface area contributed by atoms with Gasteiger partial charge in [0.05, 0.1) is 25.2 Å². The summed E-state index contributed by atoms with van der Waals surface area (Å²) in [5.74, 6) is -0.333. The highest BCUT2D eigenvalue weighted by Gasteiger charge is 2.39. The van der Waals surface area contributed by atoms with Gasteiger partial charge in [-0.2, -0.15) is 0 Å². The molecule has 0 spiro atoms. The fraction of sp³-hybridized carbons (Fsp3) is 0.533. The number of rotatable bonds is 1. The van der Waals surface area contributed by atoms with Crippen LogP contribution in [-0.2, 0) is 9.53 Å². The number of aromatic nitrogens is 1. The number of carbonyl (C=O) groups excluding carboxylic acids is 2. The number of hydrogen-bond donors (Lipinski definition) is 0. The van der Waals surface area contributed by atoms with Crippen molar-refractivity contribution in [2.24, 2.45) is 5.92 Å². The monoisotopic (exact) mass is 289 g/mol. The van der Waals surface area contributed by atoms with Crippen LogP contribution in [0.4, 0.5) is 0 Å². The fourth-order valence-corrected chi connectivity index (χ4v) is 2.89. The molecule has 21 heavy (non-hydrogen) atoms. The summed E-state index contributed by atoms with van der Waals surface area (Å²) in [5, 5.41) is 0. The molecule has 3 rings (SSSR count). The van der Waals surface area contributed by atoms with Crippen LogP contribution in [0.1, 0.15) is 16.2 Å². The van der Waals surface area contributed by atoms with E-state index in [1.54, 1.807) is 22.9 Å². The topological polar surface area (TPSA) is 62.7 Å². The lowest BCUT2D eigenvalue weighted by Crippen LogP contribution is -2.45. The summed E-state index contributed by atoms with van der Waals surface area (Å²) in [4.78, 5) is 32.7. The number of nitrogens with zero attached hydrogens (tertiary/aromatic N) is 3. The molecule has 2 saturated heterocycles. The number of likely N-dealkylation sites (N-methyl/N-ethyl adjacent to an activating group) is 1. The zero-order valence-corrected chi connectivity index (χ0v) is 12.3. The second kappa shape index (κ2) is 5.44. The molecule has 6 nitrogen and oxygen atoms in total. The molecule has 112 valence electrons. The van der Waals surface area contributed by atoms with Gasteiger partial charge >= 0.3 is 0 Å². The summed E-state index contributed by atoms with van der Waals surface area (Å²) in [5.41, 5.74) is 1.25. The number of fused-ring (bicyclic) bond motifs is 3. The van der Waals surface area contributed by atoms with Gasteiger partial charge in [-0.15, -0.1) is 0 Å². The second-order valence-electron chi connectivity index (χ2n) is 5.71. The summed E-state index contributed by atoms with van der Waals surface area (Å²) in [6, 6.07) is 5.32. The Hall–Kier alpha value is -1.95. The average Bonchev–Trinajstić information content (AvgIpc) is 2.64. The molecule has 0 N–H and O–H groups in total. The lowest BCUT2D eigenvalue weighted by Gasteiger charge is -2.29. The average molecular weight is 289 g/mol. The van der Waals surface area contributed by atoms with Crippen LogP contribution in [-0.4, -0.2) is 66.0 Å². The summed E-state index contributed by atoms with van der Waals surface area (Å²) in [6.07, 6.45) is 0. The number of aryl methyl sites for hydroxylation is 1. The van der Waals surface area contributed by atoms with E-state index in [1.165, 1.54) is 0 Å². The van der Waals surface area contributed by atoms with E-state index >= 15 is 0 Å². The van der Waals surface area contributed by atoms with Gasteiger partial charge in [0.25, 0.3) is 5.91 Å². The standard InChI is InChI=1S/C15H19N3O3/c1-10-4-3-5-13(16-10)15(20)18-6-11-8-21-9-12(7-18)17(2)14(11)19/h3-5,11-12H,6-9H2,1-2H3/t11-,12+/m1/s1. The van der Waals surface area contributed by atoms with Crippen molar-refractivity contribution in [2.45, 2.75) is 13.0 Å². The first-order chi connectivity index (χ1) is 10.1. The first kappa shape index (κ1) is 14.0. The number of hydrogen-bond acceptors (Lipinski definition) is 4. The van der Waals surface area contributed by atoms with Crippen LogP contribution in [0.3, 0.4) is 0 Å². The number of ether oxygens (including phenoxy) is 1. The predicted octanol–water partition coefficient (Wildman–Crippen LogP) is 0.319. The Bertz CT molecular complexity index is 575. The molecule has 2 fully saturated rings. The minimum Gasteiger partial charge on any atom is -0.378 e. The highest BCUT2D eigenvalue weighted by atomic mass is 16.5. The van der Waals surface area contributed by atoms with Gasteiger partial charge in [0.15, 0.2) is 0 Å². The molecule has 2 atom stereocenters. The van der Waals surface area contributed by atoms with E-state index in [-0.39, 0.29) is 23.8 Å². The van der Waals surface area contributed by atoms with E-state index in [9.17, 15) is 9.59 Å². The van der Waals surface area contributed by atoms with Gasteiger partial charge in [0.2, 0.25) is 5.91 Å². The first-order valence-corrected chi connectivity index (χ1v) is 7.13. The molecule has 3 heterocycles. The number of amides is 2. The molecule has 0 saturated carbocycles. The van der Waals surface area contributed by atoms with Crippen molar-refractivity contribution >= 4 is 11.8 Å². The Labute approximate surface area is 123 Å². The van der Waals surface area contributed by atoms with E-state index in [2.05, 4.69) is 4.98 Å². The lowest BCUT2D eigenvalue weighted by atomic mass is 10.1. The normalized spacial score (nSPS) is 25.7. The van der Waals surface area contributed by atoms with Crippen LogP contribution in [0, 0.1) is 12.8 Å². The van der Waals surface area contributed by atoms with Gasteiger partial charge in [-0.05, 0) is 19.1 Å². The summed E-state index contributed by atoms with van der Waals surface area (Å²) >= 11 is 0. The van der Waals surface area contributed by atoms with Crippen LogP contribution in [0.2, 0.25) is 0 Å². The maximum absolute atomic E-state index is 12.6. The maximum Gasteiger partial charge on any atom is 0.272 e. The molecule has 0 aliphatic carbocycles. The zero-order valence-electron chi connectivity index (χ0n) is 12.3. The summed E-state index contributed by atoms with van der Waals surface area (Å²) in [6.45, 7) is 3.61. The van der Waals surface area contributed by atoms with Crippen LogP contribution >= 0.6 is 0 Å². The predicted molar refractivity (Wildman–Crippen MR) is 75.7 cm³/mol. The third kappa shape index (κ3) is 2.63. The Morgan fingerprint density at radius 2 is 2.14 bits per heavy atom. The molecule has 0 aromatic carbocycles. The van der Waals surface area contributed by atoms with Gasteiger partial charge in [-0.25, -0.2) is 4.98 Å². The molecule has 0 radical (unpaired) electrons. The van der Waals surface area contributed by atoms with Crippen molar-refractivity contribution in [1.82, 2.24) is 14.8 Å². The van der Waals surface area contributed by atoms with Gasteiger partial charge in [0, 0.05) is 25.8 Å². The van der Waals surface area contributed by atoms with Crippen molar-refractivity contribution in [1.29, 1.82) is 0 Å². The molecule has 1 aromatic rings. The molecule has 1 aromatic heterocycles. The maximum atomic E-state index is 12.6. The quantitative estimate of drug-likeness (QED) is 0.747. The highest BCUT2D eigenvalue weighted by Crippen LogP contribution is 2.20. The molecule has 2 aliphatic heterocycles. The minimum absolute atomic E-state index is 0.0602. The van der Waals surface area contributed by atoms with Crippen molar-refractivity contribution < 1.29 is 14.3 Å². The van der Waals surface area contributed by atoms with Gasteiger partial charge in [-0.3, -0.25) is 9.59 Å². The molecular weight excluding hydrogens is 270 g/mol. The van der Waals surface area contributed by atoms with Gasteiger partial charge < -0.3 is 14.5 Å². The molecule has 2 amide bonds. The Kier molecular flexibility index (Phi) is 3.63. The van der Waals surface area contributed by atoms with E-state index in [1.807, 2.05) is 19.1 Å². The van der Waals surface area contributed by atoms with E-state index in [4.69, 9.17) is 4.74 Å². The number of carbonyl (C=O) groups is 2. The lowest BCUT2D eigenvalue weighted by molar-refractivity contribution is -0.133. The van der Waals surface area contributed by atoms with E-state index in [0.717, 1.165) is 5.69 Å². The van der Waals surface area contributed by atoms with E-state index < -0.39 is 0 Å². The van der Waals surface area contributed by atoms with Crippen molar-refractivity contribution in [2.75, 3.05) is 33.4 Å². The Morgan fingerprint density at radius 3 is 2.90 bits per heavy atom. The largest absolute Gasteiger partial charge is 0.378 e. The van der Waals surface area contributed by atoms with Gasteiger partial charge in [-0.1, -0.05) is 6.07 Å². The smallest absolute Gasteiger partial charge is 0.272 e.